The zero-order chi connectivity index (χ0) is 12.1. The van der Waals surface area contributed by atoms with E-state index in [1.165, 1.54) is 36.0 Å². The molecule has 1 aliphatic heterocycles. The number of hydrogen-bond donors (Lipinski definition) is 0. The molecule has 0 N–H and O–H groups in total. The summed E-state index contributed by atoms with van der Waals surface area (Å²) in [6.07, 6.45) is 6.03. The fraction of sp³-hybridized carbons (Fsp3) is 0.500. The van der Waals surface area contributed by atoms with Crippen LogP contribution in [0.1, 0.15) is 37.8 Å². The first kappa shape index (κ1) is 12.4. The minimum Gasteiger partial charge on any atom is -0.376 e. The molecule has 1 heteroatoms. The van der Waals surface area contributed by atoms with Crippen LogP contribution < -0.4 is 0 Å². The summed E-state index contributed by atoms with van der Waals surface area (Å²) in [7, 11) is 0. The normalized spacial score (nSPS) is 22.2. The summed E-state index contributed by atoms with van der Waals surface area (Å²) < 4.78 is 5.45. The van der Waals surface area contributed by atoms with Gasteiger partial charge in [-0.25, -0.2) is 0 Å². The Morgan fingerprint density at radius 1 is 1.29 bits per heavy atom. The Morgan fingerprint density at radius 2 is 2.06 bits per heavy atom. The number of benzene rings is 1. The zero-order valence-corrected chi connectivity index (χ0v) is 10.9. The van der Waals surface area contributed by atoms with E-state index in [0.717, 1.165) is 13.2 Å². The lowest BCUT2D eigenvalue weighted by Crippen LogP contribution is -1.94. The van der Waals surface area contributed by atoms with E-state index in [1.54, 1.807) is 0 Å². The average Bonchev–Trinajstić information content (AvgIpc) is 2.74. The van der Waals surface area contributed by atoms with Crippen molar-refractivity contribution in [1.29, 1.82) is 0 Å². The number of ether oxygens (including phenoxy) is 1. The van der Waals surface area contributed by atoms with E-state index in [1.807, 2.05) is 0 Å². The standard InChI is InChI=1S/C16H22O/c1-3-4-5-14-6-8-15(9-7-14)10-16-12-17-11-13(16)2/h6-10,13H,3-5,11-12H2,1-2H3/b16-10+/t13-/m1/s1. The van der Waals surface area contributed by atoms with E-state index in [9.17, 15) is 0 Å². The number of hydrogen-bond acceptors (Lipinski definition) is 1. The van der Waals surface area contributed by atoms with Crippen LogP contribution in [0.25, 0.3) is 6.08 Å². The van der Waals surface area contributed by atoms with Crippen LogP contribution in [0.2, 0.25) is 0 Å². The number of unbranched alkanes of at least 4 members (excludes halogenated alkanes) is 1. The molecule has 1 aliphatic rings. The van der Waals surface area contributed by atoms with Gasteiger partial charge in [-0.15, -0.1) is 0 Å². The minimum absolute atomic E-state index is 0.578. The Hall–Kier alpha value is -1.08. The molecule has 0 saturated carbocycles. The van der Waals surface area contributed by atoms with Gasteiger partial charge in [-0.05, 0) is 29.5 Å². The summed E-state index contributed by atoms with van der Waals surface area (Å²) in [5.41, 5.74) is 4.17. The van der Waals surface area contributed by atoms with Crippen molar-refractivity contribution in [3.05, 3.63) is 41.0 Å². The van der Waals surface area contributed by atoms with Gasteiger partial charge in [-0.1, -0.05) is 50.6 Å². The largest absolute Gasteiger partial charge is 0.376 e. The fourth-order valence-corrected chi connectivity index (χ4v) is 2.16. The van der Waals surface area contributed by atoms with Crippen molar-refractivity contribution >= 4 is 6.08 Å². The molecule has 0 unspecified atom stereocenters. The van der Waals surface area contributed by atoms with Crippen molar-refractivity contribution in [3.63, 3.8) is 0 Å². The minimum atomic E-state index is 0.578. The molecule has 1 atom stereocenters. The predicted molar refractivity (Wildman–Crippen MR) is 73.0 cm³/mol. The van der Waals surface area contributed by atoms with Gasteiger partial charge in [0.15, 0.2) is 0 Å². The van der Waals surface area contributed by atoms with Gasteiger partial charge in [0.25, 0.3) is 0 Å². The SMILES string of the molecule is CCCCc1ccc(/C=C2\COC[C@H]2C)cc1. The molecule has 0 radical (unpaired) electrons. The average molecular weight is 230 g/mol. The van der Waals surface area contributed by atoms with Crippen molar-refractivity contribution in [2.75, 3.05) is 13.2 Å². The van der Waals surface area contributed by atoms with Crippen molar-refractivity contribution < 1.29 is 4.74 Å². The molecule has 0 aromatic heterocycles. The summed E-state index contributed by atoms with van der Waals surface area (Å²) in [6, 6.07) is 8.96. The molecule has 17 heavy (non-hydrogen) atoms. The molecule has 1 heterocycles. The van der Waals surface area contributed by atoms with Gasteiger partial charge in [0.05, 0.1) is 13.2 Å². The van der Waals surface area contributed by atoms with Gasteiger partial charge >= 0.3 is 0 Å². The molecule has 1 nitrogen and oxygen atoms in total. The molecular formula is C16H22O. The van der Waals surface area contributed by atoms with Crippen molar-refractivity contribution in [3.8, 4) is 0 Å². The van der Waals surface area contributed by atoms with Crippen LogP contribution in [-0.4, -0.2) is 13.2 Å². The lowest BCUT2D eigenvalue weighted by molar-refractivity contribution is 0.191. The third kappa shape index (κ3) is 3.44. The predicted octanol–water partition coefficient (Wildman–Crippen LogP) is 4.08. The molecule has 0 amide bonds. The highest BCUT2D eigenvalue weighted by atomic mass is 16.5. The quantitative estimate of drug-likeness (QED) is 0.757. The van der Waals surface area contributed by atoms with Crippen LogP contribution in [0.3, 0.4) is 0 Å². The molecule has 1 fully saturated rings. The van der Waals surface area contributed by atoms with Crippen LogP contribution in [0, 0.1) is 5.92 Å². The second-order valence-electron chi connectivity index (χ2n) is 4.98. The highest BCUT2D eigenvalue weighted by molar-refractivity contribution is 5.54. The summed E-state index contributed by atoms with van der Waals surface area (Å²) in [4.78, 5) is 0. The fourth-order valence-electron chi connectivity index (χ4n) is 2.16. The summed E-state index contributed by atoms with van der Waals surface area (Å²) in [6.45, 7) is 6.15. The van der Waals surface area contributed by atoms with Gasteiger partial charge in [0.1, 0.15) is 0 Å². The summed E-state index contributed by atoms with van der Waals surface area (Å²) >= 11 is 0. The molecule has 1 aromatic rings. The first-order valence-electron chi connectivity index (χ1n) is 6.66. The van der Waals surface area contributed by atoms with Crippen LogP contribution in [0.4, 0.5) is 0 Å². The Kier molecular flexibility index (Phi) is 4.38. The Bertz CT molecular complexity index is 375. The smallest absolute Gasteiger partial charge is 0.0683 e. The van der Waals surface area contributed by atoms with Crippen molar-refractivity contribution in [2.24, 2.45) is 5.92 Å². The third-order valence-corrected chi connectivity index (χ3v) is 3.42. The monoisotopic (exact) mass is 230 g/mol. The van der Waals surface area contributed by atoms with Crippen LogP contribution in [0.5, 0.6) is 0 Å². The molecule has 0 aliphatic carbocycles. The summed E-state index contributed by atoms with van der Waals surface area (Å²) in [5, 5.41) is 0. The maximum Gasteiger partial charge on any atom is 0.0683 e. The van der Waals surface area contributed by atoms with Gasteiger partial charge in [-0.3, -0.25) is 0 Å². The van der Waals surface area contributed by atoms with Crippen LogP contribution in [-0.2, 0) is 11.2 Å². The highest BCUT2D eigenvalue weighted by Crippen LogP contribution is 2.22. The van der Waals surface area contributed by atoms with Gasteiger partial charge in [0, 0.05) is 5.92 Å². The Morgan fingerprint density at radius 3 is 2.65 bits per heavy atom. The Labute approximate surface area is 104 Å². The number of aryl methyl sites for hydroxylation is 1. The zero-order valence-electron chi connectivity index (χ0n) is 10.9. The molecule has 2 rings (SSSR count). The van der Waals surface area contributed by atoms with Crippen LogP contribution in [0.15, 0.2) is 29.8 Å². The maximum atomic E-state index is 5.45. The first-order chi connectivity index (χ1) is 8.29. The molecule has 1 aromatic carbocycles. The lowest BCUT2D eigenvalue weighted by atomic mass is 10.0. The Balaban J connectivity index is 2.02. The lowest BCUT2D eigenvalue weighted by Gasteiger charge is -2.04. The second-order valence-corrected chi connectivity index (χ2v) is 4.98. The van der Waals surface area contributed by atoms with Gasteiger partial charge < -0.3 is 4.74 Å². The molecule has 0 bridgehead atoms. The van der Waals surface area contributed by atoms with E-state index < -0.39 is 0 Å². The maximum absolute atomic E-state index is 5.45. The second kappa shape index (κ2) is 6.02. The van der Waals surface area contributed by atoms with Gasteiger partial charge in [0.2, 0.25) is 0 Å². The van der Waals surface area contributed by atoms with E-state index in [0.29, 0.717) is 5.92 Å². The highest BCUT2D eigenvalue weighted by Gasteiger charge is 2.16. The molecule has 0 spiro atoms. The van der Waals surface area contributed by atoms with E-state index in [-0.39, 0.29) is 0 Å². The number of rotatable bonds is 4. The summed E-state index contributed by atoms with van der Waals surface area (Å²) in [5.74, 6) is 0.578. The molecule has 92 valence electrons. The van der Waals surface area contributed by atoms with Gasteiger partial charge in [-0.2, -0.15) is 0 Å². The third-order valence-electron chi connectivity index (χ3n) is 3.42. The van der Waals surface area contributed by atoms with E-state index >= 15 is 0 Å². The van der Waals surface area contributed by atoms with Crippen LogP contribution >= 0.6 is 0 Å². The molecule has 1 saturated heterocycles. The van der Waals surface area contributed by atoms with E-state index in [2.05, 4.69) is 44.2 Å². The molecular weight excluding hydrogens is 208 g/mol. The van der Waals surface area contributed by atoms with Crippen molar-refractivity contribution in [1.82, 2.24) is 0 Å². The topological polar surface area (TPSA) is 9.23 Å². The van der Waals surface area contributed by atoms with E-state index in [4.69, 9.17) is 4.74 Å². The van der Waals surface area contributed by atoms with Crippen molar-refractivity contribution in [2.45, 2.75) is 33.1 Å². The first-order valence-corrected chi connectivity index (χ1v) is 6.66.